The standard InChI is InChI=1S/C36H31F3N2O5/c1-23-18-27(21-31(19-23)36(37,38)39)22-45-32-5-3-2-4-28(32)13-10-25(7-6-24-8-16-30(17-9-24)34(42)43)20-26-11-14-29(15-12-26)33-40-35(44)46-41-33/h2-5,8-19,21,25H,6-7,20,22H2,1H3,(H,42,43)(H,40,41,44)/b13-10+. The summed E-state index contributed by atoms with van der Waals surface area (Å²) in [5.74, 6) is -0.655. The number of para-hydroxylation sites is 1. The zero-order valence-electron chi connectivity index (χ0n) is 24.9. The van der Waals surface area contributed by atoms with Crippen LogP contribution in [-0.4, -0.2) is 21.2 Å². The molecule has 1 heterocycles. The number of aromatic amines is 1. The number of allylic oxidation sites excluding steroid dienone is 1. The Morgan fingerprint density at radius 3 is 2.37 bits per heavy atom. The van der Waals surface area contributed by atoms with Crippen molar-refractivity contribution >= 4 is 12.0 Å². The fourth-order valence-corrected chi connectivity index (χ4v) is 5.15. The molecule has 0 aliphatic rings. The summed E-state index contributed by atoms with van der Waals surface area (Å²) < 4.78 is 50.6. The Labute approximate surface area is 263 Å². The summed E-state index contributed by atoms with van der Waals surface area (Å²) in [5.41, 5.74) is 4.01. The first-order valence-corrected chi connectivity index (χ1v) is 14.6. The third-order valence-corrected chi connectivity index (χ3v) is 7.50. The number of benzene rings is 4. The molecule has 0 amide bonds. The van der Waals surface area contributed by atoms with E-state index in [0.29, 0.717) is 41.1 Å². The Bertz CT molecular complexity index is 1870. The van der Waals surface area contributed by atoms with Crippen LogP contribution in [0.4, 0.5) is 13.2 Å². The summed E-state index contributed by atoms with van der Waals surface area (Å²) >= 11 is 0. The van der Waals surface area contributed by atoms with Gasteiger partial charge in [0.1, 0.15) is 12.4 Å². The van der Waals surface area contributed by atoms with E-state index in [2.05, 4.69) is 20.7 Å². The lowest BCUT2D eigenvalue weighted by atomic mass is 9.91. The maximum Gasteiger partial charge on any atom is 0.439 e. The molecule has 0 bridgehead atoms. The molecule has 0 aliphatic carbocycles. The largest absolute Gasteiger partial charge is 0.488 e. The van der Waals surface area contributed by atoms with E-state index in [1.807, 2.05) is 60.7 Å². The Hall–Kier alpha value is -5.38. The molecule has 2 N–H and O–H groups in total. The highest BCUT2D eigenvalue weighted by molar-refractivity contribution is 5.87. The van der Waals surface area contributed by atoms with E-state index < -0.39 is 23.5 Å². The summed E-state index contributed by atoms with van der Waals surface area (Å²) in [7, 11) is 0. The molecule has 0 spiro atoms. The normalized spacial score (nSPS) is 12.3. The third kappa shape index (κ3) is 8.62. The molecule has 7 nitrogen and oxygen atoms in total. The number of aromatic nitrogens is 2. The Morgan fingerprint density at radius 2 is 1.70 bits per heavy atom. The molecule has 1 atom stereocenters. The zero-order valence-corrected chi connectivity index (χ0v) is 24.9. The van der Waals surface area contributed by atoms with Crippen molar-refractivity contribution < 1.29 is 32.3 Å². The van der Waals surface area contributed by atoms with E-state index in [0.717, 1.165) is 35.2 Å². The highest BCUT2D eigenvalue weighted by atomic mass is 19.4. The second kappa shape index (κ2) is 14.2. The van der Waals surface area contributed by atoms with Crippen LogP contribution in [0.3, 0.4) is 0 Å². The predicted octanol–water partition coefficient (Wildman–Crippen LogP) is 8.14. The molecule has 1 aromatic heterocycles. The van der Waals surface area contributed by atoms with Crippen LogP contribution in [0, 0.1) is 12.8 Å². The number of carboxylic acid groups (broad SMARTS) is 1. The summed E-state index contributed by atoms with van der Waals surface area (Å²) in [6.45, 7) is 1.60. The number of rotatable bonds is 12. The van der Waals surface area contributed by atoms with E-state index >= 15 is 0 Å². The molecule has 0 aliphatic heterocycles. The molecule has 4 aromatic carbocycles. The van der Waals surface area contributed by atoms with E-state index in [9.17, 15) is 27.9 Å². The molecule has 5 rings (SSSR count). The van der Waals surface area contributed by atoms with Crippen LogP contribution in [0.5, 0.6) is 5.75 Å². The Morgan fingerprint density at radius 1 is 0.978 bits per heavy atom. The molecule has 46 heavy (non-hydrogen) atoms. The fraction of sp³-hybridized carbons (Fsp3) is 0.194. The number of halogens is 3. The number of hydrogen-bond acceptors (Lipinski definition) is 5. The fourth-order valence-electron chi connectivity index (χ4n) is 5.15. The van der Waals surface area contributed by atoms with E-state index in [4.69, 9.17) is 4.74 Å². The average Bonchev–Trinajstić information content (AvgIpc) is 3.47. The van der Waals surface area contributed by atoms with Gasteiger partial charge in [0.25, 0.3) is 0 Å². The molecule has 1 unspecified atom stereocenters. The number of hydrogen-bond donors (Lipinski definition) is 2. The van der Waals surface area contributed by atoms with Gasteiger partial charge in [0.2, 0.25) is 0 Å². The Kier molecular flexibility index (Phi) is 9.85. The number of aromatic carboxylic acids is 1. The van der Waals surface area contributed by atoms with Crippen molar-refractivity contribution in [1.29, 1.82) is 0 Å². The van der Waals surface area contributed by atoms with Gasteiger partial charge in [0, 0.05) is 11.1 Å². The number of aryl methyl sites for hydroxylation is 2. The number of nitrogens with one attached hydrogen (secondary N) is 1. The second-order valence-electron chi connectivity index (χ2n) is 11.0. The van der Waals surface area contributed by atoms with Crippen molar-refractivity contribution in [3.63, 3.8) is 0 Å². The molecule has 5 aromatic rings. The van der Waals surface area contributed by atoms with Gasteiger partial charge in [-0.3, -0.25) is 9.51 Å². The average molecular weight is 629 g/mol. The van der Waals surface area contributed by atoms with Gasteiger partial charge in [-0.2, -0.15) is 13.2 Å². The summed E-state index contributed by atoms with van der Waals surface area (Å²) in [4.78, 5) is 25.1. The number of ether oxygens (including phenoxy) is 1. The molecule has 236 valence electrons. The van der Waals surface area contributed by atoms with E-state index in [1.54, 1.807) is 31.2 Å². The minimum absolute atomic E-state index is 0.0193. The number of carbonyl (C=O) groups is 1. The highest BCUT2D eigenvalue weighted by Gasteiger charge is 2.30. The molecule has 0 saturated heterocycles. The number of alkyl halides is 3. The quantitative estimate of drug-likeness (QED) is 0.145. The van der Waals surface area contributed by atoms with Crippen molar-refractivity contribution in [2.75, 3.05) is 0 Å². The van der Waals surface area contributed by atoms with Crippen molar-refractivity contribution in [2.24, 2.45) is 5.92 Å². The van der Waals surface area contributed by atoms with Crippen molar-refractivity contribution in [3.8, 4) is 17.1 Å². The topological polar surface area (TPSA) is 105 Å². The smallest absolute Gasteiger partial charge is 0.439 e. The second-order valence-corrected chi connectivity index (χ2v) is 11.0. The SMILES string of the molecule is Cc1cc(COc2ccccc2/C=C/C(CCc2ccc(C(=O)O)cc2)Cc2ccc(-c3noc(=O)[nH]3)cc2)cc(C(F)(F)F)c1. The first-order valence-electron chi connectivity index (χ1n) is 14.6. The maximum atomic E-state index is 13.3. The minimum Gasteiger partial charge on any atom is -0.488 e. The van der Waals surface area contributed by atoms with Crippen LogP contribution in [0.2, 0.25) is 0 Å². The molecule has 0 radical (unpaired) electrons. The monoisotopic (exact) mass is 628 g/mol. The van der Waals surface area contributed by atoms with Crippen molar-refractivity contribution in [2.45, 2.75) is 39.0 Å². The number of carboxylic acids is 1. The van der Waals surface area contributed by atoms with Gasteiger partial charge >= 0.3 is 17.9 Å². The third-order valence-electron chi connectivity index (χ3n) is 7.50. The summed E-state index contributed by atoms with van der Waals surface area (Å²) in [5, 5.41) is 12.9. The number of H-pyrrole nitrogens is 1. The van der Waals surface area contributed by atoms with Crippen LogP contribution in [0.1, 0.15) is 50.2 Å². The van der Waals surface area contributed by atoms with Crippen LogP contribution < -0.4 is 10.5 Å². The lowest BCUT2D eigenvalue weighted by Crippen LogP contribution is -2.07. The zero-order chi connectivity index (χ0) is 32.7. The van der Waals surface area contributed by atoms with Crippen LogP contribution in [-0.2, 0) is 25.6 Å². The van der Waals surface area contributed by atoms with Crippen molar-refractivity contribution in [1.82, 2.24) is 10.1 Å². The van der Waals surface area contributed by atoms with Crippen LogP contribution in [0.15, 0.2) is 106 Å². The molecule has 0 fully saturated rings. The lowest BCUT2D eigenvalue weighted by Gasteiger charge is -2.15. The molecule has 0 saturated carbocycles. The van der Waals surface area contributed by atoms with Gasteiger partial charge in [-0.25, -0.2) is 9.59 Å². The highest BCUT2D eigenvalue weighted by Crippen LogP contribution is 2.31. The minimum atomic E-state index is -4.44. The van der Waals surface area contributed by atoms with Gasteiger partial charge < -0.3 is 9.84 Å². The van der Waals surface area contributed by atoms with Crippen LogP contribution >= 0.6 is 0 Å². The predicted molar refractivity (Wildman–Crippen MR) is 167 cm³/mol. The number of nitrogens with zero attached hydrogens (tertiary/aromatic N) is 1. The Balaban J connectivity index is 1.34. The van der Waals surface area contributed by atoms with E-state index in [-0.39, 0.29) is 18.1 Å². The van der Waals surface area contributed by atoms with E-state index in [1.165, 1.54) is 0 Å². The van der Waals surface area contributed by atoms with Gasteiger partial charge in [-0.15, -0.1) is 0 Å². The van der Waals surface area contributed by atoms with Crippen LogP contribution in [0.25, 0.3) is 17.5 Å². The van der Waals surface area contributed by atoms with Gasteiger partial charge in [-0.05, 0) is 79.1 Å². The maximum absolute atomic E-state index is 13.3. The first-order chi connectivity index (χ1) is 22.0. The lowest BCUT2D eigenvalue weighted by molar-refractivity contribution is -0.137. The van der Waals surface area contributed by atoms with Gasteiger partial charge in [0.05, 0.1) is 11.1 Å². The first kappa shape index (κ1) is 32.0. The van der Waals surface area contributed by atoms with Crippen molar-refractivity contribution in [3.05, 3.63) is 147 Å². The summed E-state index contributed by atoms with van der Waals surface area (Å²) in [6, 6.07) is 25.7. The molecule has 10 heteroatoms. The summed E-state index contributed by atoms with van der Waals surface area (Å²) in [6.07, 6.45) is 1.76. The molecular weight excluding hydrogens is 597 g/mol. The van der Waals surface area contributed by atoms with Gasteiger partial charge in [-0.1, -0.05) is 83.5 Å². The molecular formula is C36H31F3N2O5. The van der Waals surface area contributed by atoms with Gasteiger partial charge in [0.15, 0.2) is 5.82 Å².